The number of carbonyl (C=O) groups excluding carboxylic acids is 1. The Morgan fingerprint density at radius 2 is 1.92 bits per heavy atom. The van der Waals surface area contributed by atoms with E-state index in [0.717, 1.165) is 12.8 Å². The van der Waals surface area contributed by atoms with Crippen molar-refractivity contribution in [1.29, 1.82) is 0 Å². The summed E-state index contributed by atoms with van der Waals surface area (Å²) in [6, 6.07) is 0. The number of nitrogens with zero attached hydrogens (tertiary/aromatic N) is 2. The monoisotopic (exact) mass is 350 g/mol. The largest absolute Gasteiger partial charge is 0.436 e. The summed E-state index contributed by atoms with van der Waals surface area (Å²) in [5.41, 5.74) is 0.314. The molecule has 0 aromatic carbocycles. The number of amides is 1. The molecule has 2 fully saturated rings. The van der Waals surface area contributed by atoms with Gasteiger partial charge in [0.1, 0.15) is 0 Å². The number of aromatic nitrogens is 1. The van der Waals surface area contributed by atoms with Crippen LogP contribution >= 0.6 is 0 Å². The Morgan fingerprint density at radius 1 is 1.28 bits per heavy atom. The molecule has 0 bridgehead atoms. The summed E-state index contributed by atoms with van der Waals surface area (Å²) in [5, 5.41) is 10.4. The lowest BCUT2D eigenvalue weighted by atomic mass is 9.76. The zero-order chi connectivity index (χ0) is 18.4. The number of carbonyl (C=O) groups is 1. The van der Waals surface area contributed by atoms with Gasteiger partial charge in [0.2, 0.25) is 5.76 Å². The molecular formula is C19H30N2O4. The zero-order valence-corrected chi connectivity index (χ0v) is 16.0. The highest BCUT2D eigenvalue weighted by molar-refractivity contribution is 5.92. The number of piperidine rings is 1. The first-order valence-corrected chi connectivity index (χ1v) is 9.19. The van der Waals surface area contributed by atoms with Crippen LogP contribution in [0.1, 0.15) is 68.6 Å². The molecule has 2 atom stereocenters. The first-order chi connectivity index (χ1) is 11.6. The molecule has 0 radical (unpaired) electrons. The van der Waals surface area contributed by atoms with E-state index >= 15 is 0 Å². The summed E-state index contributed by atoms with van der Waals surface area (Å²) in [6.45, 7) is 11.2. The molecule has 1 aromatic heterocycles. The van der Waals surface area contributed by atoms with E-state index in [1.807, 2.05) is 4.90 Å². The van der Waals surface area contributed by atoms with Crippen molar-refractivity contribution in [2.45, 2.75) is 78.1 Å². The first-order valence-electron chi connectivity index (χ1n) is 9.19. The maximum absolute atomic E-state index is 12.7. The third kappa shape index (κ3) is 3.75. The Bertz CT molecular complexity index is 638. The zero-order valence-electron chi connectivity index (χ0n) is 16.0. The van der Waals surface area contributed by atoms with Crippen LogP contribution in [0.25, 0.3) is 0 Å². The molecule has 0 aliphatic carbocycles. The van der Waals surface area contributed by atoms with E-state index in [2.05, 4.69) is 25.8 Å². The van der Waals surface area contributed by atoms with Crippen molar-refractivity contribution in [1.82, 2.24) is 9.88 Å². The van der Waals surface area contributed by atoms with Gasteiger partial charge in [0.05, 0.1) is 23.5 Å². The second-order valence-electron chi connectivity index (χ2n) is 8.69. The molecule has 2 aliphatic rings. The highest BCUT2D eigenvalue weighted by atomic mass is 16.5. The molecule has 2 aliphatic heterocycles. The molecule has 2 saturated heterocycles. The minimum Gasteiger partial charge on any atom is -0.436 e. The van der Waals surface area contributed by atoms with Gasteiger partial charge >= 0.3 is 0 Å². The maximum Gasteiger partial charge on any atom is 0.291 e. The van der Waals surface area contributed by atoms with Gasteiger partial charge in [-0.1, -0.05) is 20.8 Å². The molecule has 0 saturated carbocycles. The van der Waals surface area contributed by atoms with Crippen molar-refractivity contribution in [3.63, 3.8) is 0 Å². The van der Waals surface area contributed by atoms with Crippen LogP contribution < -0.4 is 0 Å². The number of ether oxygens (including phenoxy) is 1. The fraction of sp³-hybridized carbons (Fsp3) is 0.789. The summed E-state index contributed by atoms with van der Waals surface area (Å²) < 4.78 is 11.9. The van der Waals surface area contributed by atoms with E-state index in [1.165, 1.54) is 0 Å². The molecule has 0 unspecified atom stereocenters. The van der Waals surface area contributed by atoms with Crippen LogP contribution in [0.15, 0.2) is 4.42 Å². The number of oxazole rings is 1. The molecule has 1 spiro atoms. The van der Waals surface area contributed by atoms with Gasteiger partial charge in [-0.05, 0) is 25.2 Å². The van der Waals surface area contributed by atoms with Gasteiger partial charge in [-0.2, -0.15) is 0 Å². The number of aliphatic hydroxyl groups is 1. The molecule has 6 nitrogen and oxygen atoms in total. The Balaban J connectivity index is 1.68. The number of hydrogen-bond acceptors (Lipinski definition) is 5. The average molecular weight is 350 g/mol. The summed E-state index contributed by atoms with van der Waals surface area (Å²) in [5.74, 6) is 0.753. The molecule has 3 rings (SSSR count). The Labute approximate surface area is 149 Å². The Morgan fingerprint density at radius 3 is 2.44 bits per heavy atom. The Hall–Kier alpha value is -1.40. The fourth-order valence-electron chi connectivity index (χ4n) is 4.00. The van der Waals surface area contributed by atoms with E-state index < -0.39 is 0 Å². The van der Waals surface area contributed by atoms with E-state index in [4.69, 9.17) is 9.15 Å². The third-order valence-electron chi connectivity index (χ3n) is 5.51. The summed E-state index contributed by atoms with van der Waals surface area (Å²) >= 11 is 0. The van der Waals surface area contributed by atoms with Crippen molar-refractivity contribution in [2.24, 2.45) is 5.41 Å². The lowest BCUT2D eigenvalue weighted by Crippen LogP contribution is -2.55. The van der Waals surface area contributed by atoms with Crippen LogP contribution in [0, 0.1) is 19.3 Å². The number of aliphatic hydroxyl groups excluding tert-OH is 1. The smallest absolute Gasteiger partial charge is 0.291 e. The molecule has 140 valence electrons. The third-order valence-corrected chi connectivity index (χ3v) is 5.51. The van der Waals surface area contributed by atoms with Crippen LogP contribution in [-0.4, -0.2) is 51.8 Å². The Kier molecular flexibility index (Phi) is 4.71. The van der Waals surface area contributed by atoms with Gasteiger partial charge in [0.15, 0.2) is 5.89 Å². The molecule has 6 heteroatoms. The van der Waals surface area contributed by atoms with E-state index in [-0.39, 0.29) is 29.1 Å². The highest BCUT2D eigenvalue weighted by Gasteiger charge is 2.46. The minimum absolute atomic E-state index is 0.00414. The molecular weight excluding hydrogens is 320 g/mol. The SMILES string of the molecule is Cc1nc(C)c(C(=O)N2CCC3(CC2)C[C@H](O)C[C@H](C(C)(C)C)O3)o1. The summed E-state index contributed by atoms with van der Waals surface area (Å²) in [4.78, 5) is 18.7. The average Bonchev–Trinajstić information content (AvgIpc) is 2.84. The van der Waals surface area contributed by atoms with Gasteiger partial charge in [-0.15, -0.1) is 0 Å². The second kappa shape index (κ2) is 6.40. The van der Waals surface area contributed by atoms with Crippen LogP contribution in [0.3, 0.4) is 0 Å². The summed E-state index contributed by atoms with van der Waals surface area (Å²) in [7, 11) is 0. The normalized spacial score (nSPS) is 26.9. The van der Waals surface area contributed by atoms with Crippen molar-refractivity contribution < 1.29 is 19.1 Å². The molecule has 1 amide bonds. The van der Waals surface area contributed by atoms with Gasteiger partial charge < -0.3 is 19.2 Å². The van der Waals surface area contributed by atoms with Crippen LogP contribution in [0.2, 0.25) is 0 Å². The van der Waals surface area contributed by atoms with Crippen LogP contribution in [-0.2, 0) is 4.74 Å². The quantitative estimate of drug-likeness (QED) is 0.843. The molecule has 1 N–H and O–H groups in total. The van der Waals surface area contributed by atoms with Gasteiger partial charge in [-0.25, -0.2) is 4.98 Å². The predicted octanol–water partition coefficient (Wildman–Crippen LogP) is 2.85. The molecule has 25 heavy (non-hydrogen) atoms. The van der Waals surface area contributed by atoms with Gasteiger partial charge in [-0.3, -0.25) is 4.79 Å². The molecule has 1 aromatic rings. The number of likely N-dealkylation sites (tertiary alicyclic amines) is 1. The number of rotatable bonds is 1. The van der Waals surface area contributed by atoms with E-state index in [0.29, 0.717) is 43.3 Å². The lowest BCUT2D eigenvalue weighted by molar-refractivity contribution is -0.205. The van der Waals surface area contributed by atoms with Crippen LogP contribution in [0.4, 0.5) is 0 Å². The number of aryl methyl sites for hydroxylation is 2. The lowest BCUT2D eigenvalue weighted by Gasteiger charge is -2.50. The van der Waals surface area contributed by atoms with Crippen LogP contribution in [0.5, 0.6) is 0 Å². The standard InChI is InChI=1S/C19H30N2O4/c1-12-16(24-13(2)20-12)17(23)21-8-6-19(7-9-21)11-14(22)10-15(25-19)18(3,4)5/h14-15,22H,6-11H2,1-5H3/t14-,15-/m1/s1. The number of hydrogen-bond donors (Lipinski definition) is 1. The molecule has 3 heterocycles. The minimum atomic E-state index is -0.334. The van der Waals surface area contributed by atoms with Gasteiger partial charge in [0.25, 0.3) is 5.91 Å². The topological polar surface area (TPSA) is 75.8 Å². The van der Waals surface area contributed by atoms with E-state index in [9.17, 15) is 9.90 Å². The van der Waals surface area contributed by atoms with Crippen molar-refractivity contribution in [3.8, 4) is 0 Å². The van der Waals surface area contributed by atoms with Gasteiger partial charge in [0, 0.05) is 32.9 Å². The van der Waals surface area contributed by atoms with E-state index in [1.54, 1.807) is 13.8 Å². The maximum atomic E-state index is 12.7. The second-order valence-corrected chi connectivity index (χ2v) is 8.69. The van der Waals surface area contributed by atoms with Crippen molar-refractivity contribution in [3.05, 3.63) is 17.3 Å². The van der Waals surface area contributed by atoms with Crippen molar-refractivity contribution >= 4 is 5.91 Å². The summed E-state index contributed by atoms with van der Waals surface area (Å²) in [6.07, 6.45) is 2.53. The highest BCUT2D eigenvalue weighted by Crippen LogP contribution is 2.42. The first kappa shape index (κ1) is 18.4. The van der Waals surface area contributed by atoms with Crippen molar-refractivity contribution in [2.75, 3.05) is 13.1 Å². The fourth-order valence-corrected chi connectivity index (χ4v) is 4.00. The predicted molar refractivity (Wildman–Crippen MR) is 93.4 cm³/mol.